The molecule has 148 valence electrons. The Kier molecular flexibility index (Phi) is 5.30. The number of rotatable bonds is 4. The van der Waals surface area contributed by atoms with Crippen molar-refractivity contribution in [2.75, 3.05) is 11.3 Å². The van der Waals surface area contributed by atoms with E-state index in [2.05, 4.69) is 4.72 Å². The summed E-state index contributed by atoms with van der Waals surface area (Å²) >= 11 is 5.84. The standard InChI is InChI=1S/C22H19ClN2O3S/c23-19-7-10-21(11-8-19)29(27,28)24-20-9-6-16-12-13-25(15-18(16)14-20)22(26)17-4-2-1-3-5-17/h1-11,14,24H,12-13,15H2. The lowest BCUT2D eigenvalue weighted by molar-refractivity contribution is 0.0734. The zero-order valence-electron chi connectivity index (χ0n) is 15.5. The summed E-state index contributed by atoms with van der Waals surface area (Å²) in [5.74, 6) is -0.0246. The Balaban J connectivity index is 1.54. The number of fused-ring (bicyclic) bond motifs is 1. The van der Waals surface area contributed by atoms with Crippen molar-refractivity contribution in [2.24, 2.45) is 0 Å². The van der Waals surface area contributed by atoms with Crippen LogP contribution in [-0.4, -0.2) is 25.8 Å². The van der Waals surface area contributed by atoms with E-state index < -0.39 is 10.0 Å². The zero-order chi connectivity index (χ0) is 20.4. The molecule has 3 aromatic carbocycles. The fourth-order valence-corrected chi connectivity index (χ4v) is 4.56. The van der Waals surface area contributed by atoms with Crippen molar-refractivity contribution in [2.45, 2.75) is 17.9 Å². The summed E-state index contributed by atoms with van der Waals surface area (Å²) in [6.45, 7) is 1.08. The molecule has 0 fully saturated rings. The van der Waals surface area contributed by atoms with Gasteiger partial charge in [0.15, 0.2) is 0 Å². The minimum Gasteiger partial charge on any atom is -0.334 e. The smallest absolute Gasteiger partial charge is 0.261 e. The van der Waals surface area contributed by atoms with Gasteiger partial charge in [0, 0.05) is 29.4 Å². The summed E-state index contributed by atoms with van der Waals surface area (Å²) in [7, 11) is -3.72. The third kappa shape index (κ3) is 4.28. The third-order valence-corrected chi connectivity index (χ3v) is 6.55. The maximum absolute atomic E-state index is 12.7. The maximum atomic E-state index is 12.7. The molecule has 3 aromatic rings. The van der Waals surface area contributed by atoms with Gasteiger partial charge in [0.1, 0.15) is 0 Å². The molecule has 4 rings (SSSR count). The van der Waals surface area contributed by atoms with Crippen molar-refractivity contribution >= 4 is 33.2 Å². The Bertz CT molecular complexity index is 1150. The Morgan fingerprint density at radius 2 is 1.66 bits per heavy atom. The van der Waals surface area contributed by atoms with E-state index in [-0.39, 0.29) is 10.8 Å². The van der Waals surface area contributed by atoms with Crippen molar-refractivity contribution < 1.29 is 13.2 Å². The fraction of sp³-hybridized carbons (Fsp3) is 0.136. The van der Waals surface area contributed by atoms with Crippen molar-refractivity contribution in [1.29, 1.82) is 0 Å². The van der Waals surface area contributed by atoms with E-state index in [0.29, 0.717) is 29.4 Å². The highest BCUT2D eigenvalue weighted by Gasteiger charge is 2.22. The van der Waals surface area contributed by atoms with Crippen LogP contribution in [-0.2, 0) is 23.0 Å². The summed E-state index contributed by atoms with van der Waals surface area (Å²) in [5, 5.41) is 0.473. The predicted octanol–water partition coefficient (Wildman–Crippen LogP) is 4.34. The van der Waals surface area contributed by atoms with Gasteiger partial charge >= 0.3 is 0 Å². The summed E-state index contributed by atoms with van der Waals surface area (Å²) in [6, 6.07) is 20.6. The molecule has 0 unspecified atom stereocenters. The number of nitrogens with zero attached hydrogens (tertiary/aromatic N) is 1. The lowest BCUT2D eigenvalue weighted by Gasteiger charge is -2.29. The number of anilines is 1. The van der Waals surface area contributed by atoms with Gasteiger partial charge in [-0.1, -0.05) is 35.9 Å². The average molecular weight is 427 g/mol. The van der Waals surface area contributed by atoms with Crippen molar-refractivity contribution in [3.8, 4) is 0 Å². The van der Waals surface area contributed by atoms with Gasteiger partial charge in [-0.25, -0.2) is 8.42 Å². The first-order chi connectivity index (χ1) is 13.9. The minimum absolute atomic E-state index is 0.0246. The van der Waals surface area contributed by atoms with E-state index in [0.717, 1.165) is 17.5 Å². The first-order valence-corrected chi connectivity index (χ1v) is 11.0. The summed E-state index contributed by atoms with van der Waals surface area (Å²) in [4.78, 5) is 14.7. The molecule has 0 aromatic heterocycles. The second kappa shape index (κ2) is 7.89. The average Bonchev–Trinajstić information content (AvgIpc) is 2.73. The summed E-state index contributed by atoms with van der Waals surface area (Å²) < 4.78 is 27.8. The number of carbonyl (C=O) groups excluding carboxylic acids is 1. The van der Waals surface area contributed by atoms with E-state index >= 15 is 0 Å². The number of halogens is 1. The number of sulfonamides is 1. The van der Waals surface area contributed by atoms with Crippen molar-refractivity contribution in [3.05, 3.63) is 94.5 Å². The monoisotopic (exact) mass is 426 g/mol. The van der Waals surface area contributed by atoms with Crippen LogP contribution >= 0.6 is 11.6 Å². The normalized spacial score (nSPS) is 13.6. The highest BCUT2D eigenvalue weighted by Crippen LogP contribution is 2.25. The maximum Gasteiger partial charge on any atom is 0.261 e. The molecule has 0 atom stereocenters. The van der Waals surface area contributed by atoms with Crippen LogP contribution in [0, 0.1) is 0 Å². The molecule has 1 heterocycles. The van der Waals surface area contributed by atoms with Crippen LogP contribution in [0.15, 0.2) is 77.7 Å². The third-order valence-electron chi connectivity index (χ3n) is 4.90. The lowest BCUT2D eigenvalue weighted by Crippen LogP contribution is -2.36. The van der Waals surface area contributed by atoms with Crippen molar-refractivity contribution in [1.82, 2.24) is 4.90 Å². The van der Waals surface area contributed by atoms with E-state index in [1.54, 1.807) is 29.2 Å². The minimum atomic E-state index is -3.72. The second-order valence-electron chi connectivity index (χ2n) is 6.89. The quantitative estimate of drug-likeness (QED) is 0.674. The van der Waals surface area contributed by atoms with Crippen LogP contribution in [0.25, 0.3) is 0 Å². The van der Waals surface area contributed by atoms with Gasteiger partial charge in [-0.05, 0) is 66.1 Å². The molecule has 0 radical (unpaired) electrons. The van der Waals surface area contributed by atoms with Gasteiger partial charge in [-0.15, -0.1) is 0 Å². The highest BCUT2D eigenvalue weighted by atomic mass is 35.5. The highest BCUT2D eigenvalue weighted by molar-refractivity contribution is 7.92. The Hall–Kier alpha value is -2.83. The van der Waals surface area contributed by atoms with E-state index in [1.807, 2.05) is 24.3 Å². The van der Waals surface area contributed by atoms with Crippen LogP contribution in [0.4, 0.5) is 5.69 Å². The van der Waals surface area contributed by atoms with Gasteiger partial charge < -0.3 is 4.90 Å². The molecule has 1 aliphatic rings. The first kappa shape index (κ1) is 19.5. The van der Waals surface area contributed by atoms with Crippen LogP contribution in [0.5, 0.6) is 0 Å². The summed E-state index contributed by atoms with van der Waals surface area (Å²) in [6.07, 6.45) is 0.734. The Morgan fingerprint density at radius 3 is 2.38 bits per heavy atom. The Morgan fingerprint density at radius 1 is 0.931 bits per heavy atom. The number of hydrogen-bond donors (Lipinski definition) is 1. The molecule has 0 bridgehead atoms. The lowest BCUT2D eigenvalue weighted by atomic mass is 9.98. The number of amides is 1. The molecule has 0 spiro atoms. The van der Waals surface area contributed by atoms with E-state index in [9.17, 15) is 13.2 Å². The largest absolute Gasteiger partial charge is 0.334 e. The molecule has 1 amide bonds. The molecule has 0 saturated heterocycles. The van der Waals surface area contributed by atoms with Gasteiger partial charge in [-0.2, -0.15) is 0 Å². The van der Waals surface area contributed by atoms with Crippen LogP contribution < -0.4 is 4.72 Å². The molecular weight excluding hydrogens is 408 g/mol. The molecule has 1 N–H and O–H groups in total. The molecule has 7 heteroatoms. The molecule has 1 aliphatic heterocycles. The predicted molar refractivity (Wildman–Crippen MR) is 114 cm³/mol. The molecule has 29 heavy (non-hydrogen) atoms. The molecule has 0 saturated carbocycles. The first-order valence-electron chi connectivity index (χ1n) is 9.17. The fourth-order valence-electron chi connectivity index (χ4n) is 3.39. The summed E-state index contributed by atoms with van der Waals surface area (Å²) in [5.41, 5.74) is 3.18. The van der Waals surface area contributed by atoms with Crippen LogP contribution in [0.1, 0.15) is 21.5 Å². The van der Waals surface area contributed by atoms with Gasteiger partial charge in [0.2, 0.25) is 0 Å². The Labute approximate surface area is 175 Å². The van der Waals surface area contributed by atoms with Gasteiger partial charge in [0.05, 0.1) is 4.90 Å². The van der Waals surface area contributed by atoms with Gasteiger partial charge in [0.25, 0.3) is 15.9 Å². The number of carbonyl (C=O) groups is 1. The molecule has 5 nitrogen and oxygen atoms in total. The van der Waals surface area contributed by atoms with Gasteiger partial charge in [-0.3, -0.25) is 9.52 Å². The van der Waals surface area contributed by atoms with E-state index in [4.69, 9.17) is 11.6 Å². The number of nitrogens with one attached hydrogen (secondary N) is 1. The SMILES string of the molecule is O=C(c1ccccc1)N1CCc2ccc(NS(=O)(=O)c3ccc(Cl)cc3)cc2C1. The van der Waals surface area contributed by atoms with Crippen LogP contribution in [0.3, 0.4) is 0 Å². The van der Waals surface area contributed by atoms with Crippen LogP contribution in [0.2, 0.25) is 5.02 Å². The zero-order valence-corrected chi connectivity index (χ0v) is 17.1. The molecular formula is C22H19ClN2O3S. The van der Waals surface area contributed by atoms with Crippen molar-refractivity contribution in [3.63, 3.8) is 0 Å². The van der Waals surface area contributed by atoms with E-state index in [1.165, 1.54) is 24.3 Å². The number of hydrogen-bond acceptors (Lipinski definition) is 3. The second-order valence-corrected chi connectivity index (χ2v) is 9.00. The topological polar surface area (TPSA) is 66.5 Å². The molecule has 0 aliphatic carbocycles. The number of benzene rings is 3.